The van der Waals surface area contributed by atoms with E-state index in [0.717, 1.165) is 31.0 Å². The second-order valence-electron chi connectivity index (χ2n) is 7.50. The zero-order valence-electron chi connectivity index (χ0n) is 14.1. The first-order valence-electron chi connectivity index (χ1n) is 9.33. The van der Waals surface area contributed by atoms with E-state index in [1.54, 1.807) is 0 Å². The SMILES string of the molecule is C[C@H](C1CC1)N(C(=O)NCCc1cn2c(n1)CCCC2)C1CC1. The smallest absolute Gasteiger partial charge is 0.317 e. The van der Waals surface area contributed by atoms with E-state index in [2.05, 4.69) is 27.9 Å². The minimum absolute atomic E-state index is 0.135. The van der Waals surface area contributed by atoms with Crippen LogP contribution in [0.3, 0.4) is 0 Å². The summed E-state index contributed by atoms with van der Waals surface area (Å²) in [7, 11) is 0. The molecule has 23 heavy (non-hydrogen) atoms. The molecule has 3 aliphatic rings. The Morgan fingerprint density at radius 2 is 2.22 bits per heavy atom. The number of carbonyl (C=O) groups excluding carboxylic acids is 1. The molecule has 2 fully saturated rings. The van der Waals surface area contributed by atoms with Crippen molar-refractivity contribution in [3.63, 3.8) is 0 Å². The van der Waals surface area contributed by atoms with Gasteiger partial charge >= 0.3 is 6.03 Å². The molecule has 1 N–H and O–H groups in total. The van der Waals surface area contributed by atoms with E-state index in [0.29, 0.717) is 18.6 Å². The number of imidazole rings is 1. The molecule has 2 amide bonds. The first-order valence-corrected chi connectivity index (χ1v) is 9.33. The van der Waals surface area contributed by atoms with E-state index in [-0.39, 0.29) is 6.03 Å². The lowest BCUT2D eigenvalue weighted by atomic mass is 10.2. The monoisotopic (exact) mass is 316 g/mol. The number of nitrogens with zero attached hydrogens (tertiary/aromatic N) is 3. The van der Waals surface area contributed by atoms with E-state index < -0.39 is 0 Å². The number of aryl methyl sites for hydroxylation is 2. The Balaban J connectivity index is 1.29. The summed E-state index contributed by atoms with van der Waals surface area (Å²) >= 11 is 0. The zero-order chi connectivity index (χ0) is 15.8. The van der Waals surface area contributed by atoms with Crippen molar-refractivity contribution in [2.24, 2.45) is 5.92 Å². The Hall–Kier alpha value is -1.52. The van der Waals surface area contributed by atoms with Gasteiger partial charge in [0.15, 0.2) is 0 Å². The summed E-state index contributed by atoms with van der Waals surface area (Å²) < 4.78 is 2.28. The van der Waals surface area contributed by atoms with Gasteiger partial charge in [0.2, 0.25) is 0 Å². The predicted octanol–water partition coefficient (Wildman–Crippen LogP) is 2.73. The number of hydrogen-bond acceptors (Lipinski definition) is 2. The molecule has 0 aromatic carbocycles. The van der Waals surface area contributed by atoms with E-state index >= 15 is 0 Å². The van der Waals surface area contributed by atoms with Gasteiger partial charge in [-0.25, -0.2) is 9.78 Å². The maximum Gasteiger partial charge on any atom is 0.317 e. The van der Waals surface area contributed by atoms with Gasteiger partial charge in [-0.1, -0.05) is 0 Å². The van der Waals surface area contributed by atoms with Crippen LogP contribution in [0.1, 0.15) is 57.0 Å². The van der Waals surface area contributed by atoms with Gasteiger partial charge < -0.3 is 14.8 Å². The summed E-state index contributed by atoms with van der Waals surface area (Å²) in [6.45, 7) is 4.01. The molecule has 0 radical (unpaired) electrons. The van der Waals surface area contributed by atoms with Crippen LogP contribution in [0.2, 0.25) is 0 Å². The van der Waals surface area contributed by atoms with Crippen LogP contribution in [-0.2, 0) is 19.4 Å². The van der Waals surface area contributed by atoms with Gasteiger partial charge in [-0.2, -0.15) is 0 Å². The third kappa shape index (κ3) is 3.38. The van der Waals surface area contributed by atoms with Crippen LogP contribution in [0.4, 0.5) is 4.79 Å². The highest BCUT2D eigenvalue weighted by Gasteiger charge is 2.41. The highest BCUT2D eigenvalue weighted by Crippen LogP contribution is 2.39. The molecular weight excluding hydrogens is 288 g/mol. The van der Waals surface area contributed by atoms with Crippen LogP contribution in [0.25, 0.3) is 0 Å². The number of fused-ring (bicyclic) bond motifs is 1. The van der Waals surface area contributed by atoms with Gasteiger partial charge in [0, 0.05) is 44.2 Å². The van der Waals surface area contributed by atoms with Crippen molar-refractivity contribution < 1.29 is 4.79 Å². The molecule has 0 unspecified atom stereocenters. The zero-order valence-corrected chi connectivity index (χ0v) is 14.1. The second-order valence-corrected chi connectivity index (χ2v) is 7.50. The van der Waals surface area contributed by atoms with Gasteiger partial charge in [-0.15, -0.1) is 0 Å². The minimum atomic E-state index is 0.135. The first-order chi connectivity index (χ1) is 11.2. The number of nitrogens with one attached hydrogen (secondary N) is 1. The highest BCUT2D eigenvalue weighted by atomic mass is 16.2. The Kier molecular flexibility index (Phi) is 4.04. The maximum absolute atomic E-state index is 12.6. The second kappa shape index (κ2) is 6.17. The molecule has 1 aliphatic heterocycles. The van der Waals surface area contributed by atoms with Crippen molar-refractivity contribution in [2.45, 2.75) is 76.9 Å². The summed E-state index contributed by atoms with van der Waals surface area (Å²) in [5.74, 6) is 1.96. The Morgan fingerprint density at radius 1 is 1.39 bits per heavy atom. The fourth-order valence-electron chi connectivity index (χ4n) is 3.82. The van der Waals surface area contributed by atoms with Crippen molar-refractivity contribution in [2.75, 3.05) is 6.54 Å². The number of hydrogen-bond donors (Lipinski definition) is 1. The number of urea groups is 1. The molecule has 0 spiro atoms. The fraction of sp³-hybridized carbons (Fsp3) is 0.778. The van der Waals surface area contributed by atoms with Gasteiger partial charge in [-0.05, 0) is 51.4 Å². The van der Waals surface area contributed by atoms with Crippen molar-refractivity contribution in [1.29, 1.82) is 0 Å². The number of amides is 2. The number of rotatable bonds is 6. The van der Waals surface area contributed by atoms with Crippen molar-refractivity contribution in [1.82, 2.24) is 19.8 Å². The average molecular weight is 316 g/mol. The standard InChI is InChI=1S/C18H28N4O/c1-13(14-5-6-14)22(16-7-8-16)18(23)19-10-9-15-12-21-11-3-2-4-17(21)20-15/h12-14,16H,2-11H2,1H3,(H,19,23)/t13-/m1/s1. The Morgan fingerprint density at radius 3 is 2.91 bits per heavy atom. The lowest BCUT2D eigenvalue weighted by Crippen LogP contribution is -2.47. The van der Waals surface area contributed by atoms with Crippen LogP contribution in [-0.4, -0.2) is 39.1 Å². The molecule has 2 saturated carbocycles. The Bertz CT molecular complexity index is 550. The summed E-state index contributed by atoms with van der Waals surface area (Å²) in [5.41, 5.74) is 1.12. The van der Waals surface area contributed by atoms with Gasteiger partial charge in [-0.3, -0.25) is 0 Å². The molecule has 1 atom stereocenters. The molecule has 5 nitrogen and oxygen atoms in total. The third-order valence-electron chi connectivity index (χ3n) is 5.53. The fourth-order valence-corrected chi connectivity index (χ4v) is 3.82. The lowest BCUT2D eigenvalue weighted by Gasteiger charge is -2.29. The summed E-state index contributed by atoms with van der Waals surface area (Å²) in [6, 6.07) is 1.03. The van der Waals surface area contributed by atoms with Crippen LogP contribution in [0, 0.1) is 5.92 Å². The maximum atomic E-state index is 12.6. The normalized spacial score (nSPS) is 21.6. The minimum Gasteiger partial charge on any atom is -0.338 e. The van der Waals surface area contributed by atoms with E-state index in [4.69, 9.17) is 4.98 Å². The van der Waals surface area contributed by atoms with E-state index in [1.807, 2.05) is 0 Å². The molecule has 0 saturated heterocycles. The summed E-state index contributed by atoms with van der Waals surface area (Å²) in [4.78, 5) is 19.4. The average Bonchev–Trinajstić information content (AvgIpc) is 3.44. The highest BCUT2D eigenvalue weighted by molar-refractivity contribution is 5.75. The molecular formula is C18H28N4O. The van der Waals surface area contributed by atoms with Crippen LogP contribution >= 0.6 is 0 Å². The van der Waals surface area contributed by atoms with E-state index in [1.165, 1.54) is 44.3 Å². The van der Waals surface area contributed by atoms with Crippen LogP contribution in [0.5, 0.6) is 0 Å². The largest absolute Gasteiger partial charge is 0.338 e. The van der Waals surface area contributed by atoms with Crippen molar-refractivity contribution in [3.05, 3.63) is 17.7 Å². The Labute approximate surface area is 138 Å². The predicted molar refractivity (Wildman–Crippen MR) is 89.3 cm³/mol. The quantitative estimate of drug-likeness (QED) is 0.877. The molecule has 1 aromatic rings. The van der Waals surface area contributed by atoms with Gasteiger partial charge in [0.1, 0.15) is 5.82 Å². The van der Waals surface area contributed by atoms with Gasteiger partial charge in [0.25, 0.3) is 0 Å². The number of carbonyl (C=O) groups is 1. The topological polar surface area (TPSA) is 50.2 Å². The van der Waals surface area contributed by atoms with Crippen molar-refractivity contribution in [3.8, 4) is 0 Å². The third-order valence-corrected chi connectivity index (χ3v) is 5.53. The lowest BCUT2D eigenvalue weighted by molar-refractivity contribution is 0.167. The van der Waals surface area contributed by atoms with Gasteiger partial charge in [0.05, 0.1) is 5.69 Å². The summed E-state index contributed by atoms with van der Waals surface area (Å²) in [6.07, 6.45) is 11.6. The van der Waals surface area contributed by atoms with Crippen LogP contribution < -0.4 is 5.32 Å². The van der Waals surface area contributed by atoms with E-state index in [9.17, 15) is 4.79 Å². The molecule has 2 aliphatic carbocycles. The molecule has 4 rings (SSSR count). The summed E-state index contributed by atoms with van der Waals surface area (Å²) in [5, 5.41) is 3.13. The molecule has 1 aromatic heterocycles. The number of aromatic nitrogens is 2. The molecule has 2 heterocycles. The van der Waals surface area contributed by atoms with Crippen LogP contribution in [0.15, 0.2) is 6.20 Å². The molecule has 0 bridgehead atoms. The molecule has 5 heteroatoms. The van der Waals surface area contributed by atoms with Crippen molar-refractivity contribution >= 4 is 6.03 Å². The first kappa shape index (κ1) is 15.0. The molecule has 126 valence electrons.